The van der Waals surface area contributed by atoms with Gasteiger partial charge in [-0.1, -0.05) is 18.2 Å². The zero-order chi connectivity index (χ0) is 16.8. The summed E-state index contributed by atoms with van der Waals surface area (Å²) in [6, 6.07) is 5.27. The first-order valence-corrected chi connectivity index (χ1v) is 7.69. The smallest absolute Gasteiger partial charge is 0.237 e. The molecule has 0 aliphatic heterocycles. The van der Waals surface area contributed by atoms with E-state index < -0.39 is 6.04 Å². The van der Waals surface area contributed by atoms with Crippen LogP contribution in [-0.4, -0.2) is 34.6 Å². The lowest BCUT2D eigenvalue weighted by Crippen LogP contribution is -2.47. The van der Waals surface area contributed by atoms with Crippen LogP contribution in [-0.2, 0) is 11.2 Å². The first-order chi connectivity index (χ1) is 11.0. The highest BCUT2D eigenvalue weighted by Gasteiger charge is 2.17. The van der Waals surface area contributed by atoms with Gasteiger partial charge in [0.25, 0.3) is 0 Å². The molecule has 0 spiro atoms. The molecule has 1 heterocycles. The molecule has 0 saturated carbocycles. The summed E-state index contributed by atoms with van der Waals surface area (Å²) in [5.41, 5.74) is 8.92. The third-order valence-corrected chi connectivity index (χ3v) is 3.61. The Morgan fingerprint density at radius 1 is 1.39 bits per heavy atom. The van der Waals surface area contributed by atoms with Crippen LogP contribution in [0, 0.1) is 13.8 Å². The molecule has 124 valence electrons. The fourth-order valence-electron chi connectivity index (χ4n) is 2.35. The Hall–Kier alpha value is -2.34. The molecular formula is C17H24N4O2. The summed E-state index contributed by atoms with van der Waals surface area (Å²) >= 11 is 0. The molecule has 0 bridgehead atoms. The number of hydrogen-bond acceptors (Lipinski definition) is 4. The van der Waals surface area contributed by atoms with E-state index in [2.05, 4.69) is 15.3 Å². The van der Waals surface area contributed by atoms with E-state index >= 15 is 0 Å². The SMILES string of the molecule is Cc1cccc(C)c1OCC(C)NC(=O)[C@@H](N)Cc1cnc[nH]1. The first kappa shape index (κ1) is 17.0. The fourth-order valence-corrected chi connectivity index (χ4v) is 2.35. The minimum Gasteiger partial charge on any atom is -0.491 e. The molecule has 2 rings (SSSR count). The molecule has 0 radical (unpaired) electrons. The lowest BCUT2D eigenvalue weighted by atomic mass is 10.1. The minimum atomic E-state index is -0.613. The van der Waals surface area contributed by atoms with Crippen molar-refractivity contribution in [3.8, 4) is 5.75 Å². The number of hydrogen-bond donors (Lipinski definition) is 3. The van der Waals surface area contributed by atoms with Gasteiger partial charge in [-0.15, -0.1) is 0 Å². The number of amides is 1. The van der Waals surface area contributed by atoms with Crippen LogP contribution in [0.25, 0.3) is 0 Å². The molecule has 6 heteroatoms. The minimum absolute atomic E-state index is 0.130. The number of carbonyl (C=O) groups is 1. The molecule has 4 N–H and O–H groups in total. The Balaban J connectivity index is 1.82. The number of rotatable bonds is 7. The molecule has 1 aromatic heterocycles. The van der Waals surface area contributed by atoms with Crippen molar-refractivity contribution < 1.29 is 9.53 Å². The highest BCUT2D eigenvalue weighted by molar-refractivity contribution is 5.82. The number of aromatic amines is 1. The van der Waals surface area contributed by atoms with E-state index in [9.17, 15) is 4.79 Å². The van der Waals surface area contributed by atoms with Crippen LogP contribution < -0.4 is 15.8 Å². The van der Waals surface area contributed by atoms with Gasteiger partial charge in [-0.05, 0) is 31.9 Å². The lowest BCUT2D eigenvalue weighted by Gasteiger charge is -2.19. The second kappa shape index (κ2) is 7.78. The van der Waals surface area contributed by atoms with Gasteiger partial charge in [-0.2, -0.15) is 0 Å². The number of aromatic nitrogens is 2. The summed E-state index contributed by atoms with van der Waals surface area (Å²) in [4.78, 5) is 19.0. The van der Waals surface area contributed by atoms with Crippen LogP contribution in [0.4, 0.5) is 0 Å². The average molecular weight is 316 g/mol. The molecule has 1 unspecified atom stereocenters. The van der Waals surface area contributed by atoms with E-state index in [0.29, 0.717) is 13.0 Å². The van der Waals surface area contributed by atoms with Gasteiger partial charge in [0.1, 0.15) is 12.4 Å². The van der Waals surface area contributed by atoms with Crippen molar-refractivity contribution >= 4 is 5.91 Å². The summed E-state index contributed by atoms with van der Waals surface area (Å²) in [7, 11) is 0. The second-order valence-electron chi connectivity index (χ2n) is 5.83. The number of benzene rings is 1. The van der Waals surface area contributed by atoms with Crippen molar-refractivity contribution in [3.05, 3.63) is 47.5 Å². The summed E-state index contributed by atoms with van der Waals surface area (Å²) in [5, 5.41) is 2.88. The number of carbonyl (C=O) groups excluding carboxylic acids is 1. The van der Waals surface area contributed by atoms with Crippen LogP contribution >= 0.6 is 0 Å². The number of nitrogens with two attached hydrogens (primary N) is 1. The van der Waals surface area contributed by atoms with E-state index in [0.717, 1.165) is 22.6 Å². The zero-order valence-corrected chi connectivity index (χ0v) is 13.8. The van der Waals surface area contributed by atoms with E-state index in [1.165, 1.54) is 0 Å². The van der Waals surface area contributed by atoms with Crippen molar-refractivity contribution in [3.63, 3.8) is 0 Å². The number of H-pyrrole nitrogens is 1. The zero-order valence-electron chi connectivity index (χ0n) is 13.8. The van der Waals surface area contributed by atoms with Crippen LogP contribution in [0.3, 0.4) is 0 Å². The molecule has 0 aliphatic carbocycles. The maximum atomic E-state index is 12.1. The maximum Gasteiger partial charge on any atom is 0.237 e. The number of nitrogens with one attached hydrogen (secondary N) is 2. The van der Waals surface area contributed by atoms with E-state index in [-0.39, 0.29) is 11.9 Å². The van der Waals surface area contributed by atoms with Gasteiger partial charge in [0.05, 0.1) is 18.4 Å². The topological polar surface area (TPSA) is 93.0 Å². The normalized spacial score (nSPS) is 13.4. The van der Waals surface area contributed by atoms with E-state index in [1.54, 1.807) is 12.5 Å². The van der Waals surface area contributed by atoms with Crippen LogP contribution in [0.15, 0.2) is 30.7 Å². The van der Waals surface area contributed by atoms with Crippen molar-refractivity contribution in [2.24, 2.45) is 5.73 Å². The number of imidazole rings is 1. The predicted octanol–water partition coefficient (Wildman–Crippen LogP) is 1.48. The standard InChI is InChI=1S/C17H24N4O2/c1-11-5-4-6-12(2)16(11)23-9-13(3)21-17(22)15(18)7-14-8-19-10-20-14/h4-6,8,10,13,15H,7,9,18H2,1-3H3,(H,19,20)(H,21,22)/t13?,15-/m0/s1. The highest BCUT2D eigenvalue weighted by atomic mass is 16.5. The van der Waals surface area contributed by atoms with Crippen molar-refractivity contribution in [1.29, 1.82) is 0 Å². The van der Waals surface area contributed by atoms with Crippen LogP contribution in [0.1, 0.15) is 23.7 Å². The maximum absolute atomic E-state index is 12.1. The Labute approximate surface area is 136 Å². The summed E-state index contributed by atoms with van der Waals surface area (Å²) < 4.78 is 5.84. The molecular weight excluding hydrogens is 292 g/mol. The summed E-state index contributed by atoms with van der Waals surface area (Å²) in [5.74, 6) is 0.674. The summed E-state index contributed by atoms with van der Waals surface area (Å²) in [6.07, 6.45) is 3.66. The molecule has 2 atom stereocenters. The molecule has 1 aromatic carbocycles. The van der Waals surface area contributed by atoms with Crippen molar-refractivity contribution in [2.45, 2.75) is 39.3 Å². The molecule has 6 nitrogen and oxygen atoms in total. The molecule has 0 fully saturated rings. The third kappa shape index (κ3) is 4.82. The quantitative estimate of drug-likeness (QED) is 0.721. The predicted molar refractivity (Wildman–Crippen MR) is 89.3 cm³/mol. The van der Waals surface area contributed by atoms with Crippen molar-refractivity contribution in [2.75, 3.05) is 6.61 Å². The van der Waals surface area contributed by atoms with Crippen molar-refractivity contribution in [1.82, 2.24) is 15.3 Å². The Bertz CT molecular complexity index is 620. The molecule has 0 aliphatic rings. The average Bonchev–Trinajstić information content (AvgIpc) is 2.99. The molecule has 2 aromatic rings. The Kier molecular flexibility index (Phi) is 5.76. The van der Waals surface area contributed by atoms with Crippen LogP contribution in [0.2, 0.25) is 0 Å². The van der Waals surface area contributed by atoms with Crippen LogP contribution in [0.5, 0.6) is 5.75 Å². The lowest BCUT2D eigenvalue weighted by molar-refractivity contribution is -0.123. The van der Waals surface area contributed by atoms with E-state index in [4.69, 9.17) is 10.5 Å². The Morgan fingerprint density at radius 3 is 2.70 bits per heavy atom. The van der Waals surface area contributed by atoms with Gasteiger partial charge in [0.15, 0.2) is 0 Å². The summed E-state index contributed by atoms with van der Waals surface area (Å²) in [6.45, 7) is 6.31. The number of para-hydroxylation sites is 1. The third-order valence-electron chi connectivity index (χ3n) is 3.61. The first-order valence-electron chi connectivity index (χ1n) is 7.69. The van der Waals surface area contributed by atoms with Gasteiger partial charge in [0.2, 0.25) is 5.91 Å². The second-order valence-corrected chi connectivity index (χ2v) is 5.83. The van der Waals surface area contributed by atoms with Gasteiger partial charge in [0, 0.05) is 18.3 Å². The fraction of sp³-hybridized carbons (Fsp3) is 0.412. The van der Waals surface area contributed by atoms with Gasteiger partial charge < -0.3 is 20.8 Å². The molecule has 0 saturated heterocycles. The number of nitrogens with zero attached hydrogens (tertiary/aromatic N) is 1. The number of aryl methyl sites for hydroxylation is 2. The number of ether oxygens (including phenoxy) is 1. The Morgan fingerprint density at radius 2 is 2.09 bits per heavy atom. The largest absolute Gasteiger partial charge is 0.491 e. The van der Waals surface area contributed by atoms with E-state index in [1.807, 2.05) is 39.0 Å². The monoisotopic (exact) mass is 316 g/mol. The van der Waals surface area contributed by atoms with Gasteiger partial charge >= 0.3 is 0 Å². The highest BCUT2D eigenvalue weighted by Crippen LogP contribution is 2.22. The molecule has 23 heavy (non-hydrogen) atoms. The van der Waals surface area contributed by atoms with Gasteiger partial charge in [-0.25, -0.2) is 4.98 Å². The van der Waals surface area contributed by atoms with Gasteiger partial charge in [-0.3, -0.25) is 4.79 Å². The molecule has 1 amide bonds.